The second-order valence-corrected chi connectivity index (χ2v) is 12.8. The molecule has 1 unspecified atom stereocenters. The zero-order valence-electron chi connectivity index (χ0n) is 23.9. The summed E-state index contributed by atoms with van der Waals surface area (Å²) in [6, 6.07) is 18.2. The summed E-state index contributed by atoms with van der Waals surface area (Å²) in [6.45, 7) is 10.4. The standard InChI is InChI=1S/C31H38FN3O4S/c1-7-27(30(37)33-31(4,5)6)34(20-24-15-17-25(32)18-16-24)29(36)21-35(28-19-22(2)13-14-23(28)3)40(38,39)26-11-9-8-10-12-26/h8-19,27H,7,20-21H2,1-6H3,(H,33,37). The van der Waals surface area contributed by atoms with Gasteiger partial charge in [-0.3, -0.25) is 13.9 Å². The maximum atomic E-state index is 14.1. The van der Waals surface area contributed by atoms with Crippen LogP contribution in [0, 0.1) is 19.7 Å². The molecule has 2 amide bonds. The monoisotopic (exact) mass is 567 g/mol. The van der Waals surface area contributed by atoms with Gasteiger partial charge in [0.25, 0.3) is 10.0 Å². The summed E-state index contributed by atoms with van der Waals surface area (Å²) in [6.07, 6.45) is 0.295. The van der Waals surface area contributed by atoms with Gasteiger partial charge in [0, 0.05) is 12.1 Å². The summed E-state index contributed by atoms with van der Waals surface area (Å²) in [5, 5.41) is 2.93. The van der Waals surface area contributed by atoms with E-state index in [2.05, 4.69) is 5.32 Å². The third-order valence-corrected chi connectivity index (χ3v) is 8.17. The van der Waals surface area contributed by atoms with Crippen LogP contribution in [0.2, 0.25) is 0 Å². The number of benzene rings is 3. The lowest BCUT2D eigenvalue weighted by Gasteiger charge is -2.35. The van der Waals surface area contributed by atoms with Crippen molar-refractivity contribution in [3.8, 4) is 0 Å². The summed E-state index contributed by atoms with van der Waals surface area (Å²) in [7, 11) is -4.15. The van der Waals surface area contributed by atoms with Gasteiger partial charge in [-0.25, -0.2) is 12.8 Å². The Morgan fingerprint density at radius 3 is 2.15 bits per heavy atom. The number of nitrogens with zero attached hydrogens (tertiary/aromatic N) is 2. The minimum absolute atomic E-state index is 0.00120. The van der Waals surface area contributed by atoms with Crippen molar-refractivity contribution in [3.63, 3.8) is 0 Å². The van der Waals surface area contributed by atoms with E-state index in [0.29, 0.717) is 23.2 Å². The molecule has 0 fully saturated rings. The summed E-state index contributed by atoms with van der Waals surface area (Å²) in [5.74, 6) is -1.33. The largest absolute Gasteiger partial charge is 0.350 e. The molecule has 0 aliphatic rings. The number of hydrogen-bond donors (Lipinski definition) is 1. The van der Waals surface area contributed by atoms with Gasteiger partial charge >= 0.3 is 0 Å². The number of halogens is 1. The van der Waals surface area contributed by atoms with Gasteiger partial charge in [0.15, 0.2) is 0 Å². The van der Waals surface area contributed by atoms with Crippen molar-refractivity contribution >= 4 is 27.5 Å². The highest BCUT2D eigenvalue weighted by atomic mass is 32.2. The Morgan fingerprint density at radius 1 is 0.950 bits per heavy atom. The lowest BCUT2D eigenvalue weighted by Crippen LogP contribution is -2.55. The molecule has 3 aromatic rings. The number of carbonyl (C=O) groups is 2. The van der Waals surface area contributed by atoms with Crippen LogP contribution in [-0.2, 0) is 26.2 Å². The van der Waals surface area contributed by atoms with Gasteiger partial charge in [-0.1, -0.05) is 49.4 Å². The van der Waals surface area contributed by atoms with E-state index in [0.717, 1.165) is 9.87 Å². The topological polar surface area (TPSA) is 86.8 Å². The van der Waals surface area contributed by atoms with E-state index in [9.17, 15) is 22.4 Å². The van der Waals surface area contributed by atoms with E-state index in [4.69, 9.17) is 0 Å². The predicted octanol–water partition coefficient (Wildman–Crippen LogP) is 5.36. The summed E-state index contributed by atoms with van der Waals surface area (Å²) < 4.78 is 42.6. The lowest BCUT2D eigenvalue weighted by atomic mass is 10.1. The molecule has 3 rings (SSSR count). The van der Waals surface area contributed by atoms with Crippen LogP contribution < -0.4 is 9.62 Å². The first-order valence-corrected chi connectivity index (χ1v) is 14.7. The minimum atomic E-state index is -4.15. The Labute approximate surface area is 237 Å². The highest BCUT2D eigenvalue weighted by molar-refractivity contribution is 7.92. The molecular formula is C31H38FN3O4S. The molecule has 0 spiro atoms. The van der Waals surface area contributed by atoms with Gasteiger partial charge < -0.3 is 10.2 Å². The van der Waals surface area contributed by atoms with Crippen LogP contribution >= 0.6 is 0 Å². The number of anilines is 1. The Kier molecular flexibility index (Phi) is 9.73. The molecule has 0 bridgehead atoms. The average Bonchev–Trinajstić information content (AvgIpc) is 2.89. The number of amides is 2. The van der Waals surface area contributed by atoms with Crippen LogP contribution in [0.3, 0.4) is 0 Å². The SMILES string of the molecule is CCC(C(=O)NC(C)(C)C)N(Cc1ccc(F)cc1)C(=O)CN(c1cc(C)ccc1C)S(=O)(=O)c1ccccc1. The van der Waals surface area contributed by atoms with E-state index in [1.165, 1.54) is 29.2 Å². The van der Waals surface area contributed by atoms with Crippen LogP contribution in [0.4, 0.5) is 10.1 Å². The van der Waals surface area contributed by atoms with Gasteiger partial charge in [-0.15, -0.1) is 0 Å². The molecule has 0 aromatic heterocycles. The molecule has 9 heteroatoms. The second kappa shape index (κ2) is 12.6. The molecule has 7 nitrogen and oxygen atoms in total. The molecule has 214 valence electrons. The lowest BCUT2D eigenvalue weighted by molar-refractivity contribution is -0.141. The molecule has 3 aromatic carbocycles. The molecule has 0 radical (unpaired) electrons. The Hall–Kier alpha value is -3.72. The number of hydrogen-bond acceptors (Lipinski definition) is 4. The molecular weight excluding hydrogens is 529 g/mol. The van der Waals surface area contributed by atoms with Gasteiger partial charge in [-0.2, -0.15) is 0 Å². The van der Waals surface area contributed by atoms with Crippen molar-refractivity contribution < 1.29 is 22.4 Å². The summed E-state index contributed by atoms with van der Waals surface area (Å²) in [5.41, 5.74) is 1.96. The fourth-order valence-electron chi connectivity index (χ4n) is 4.38. The molecule has 0 aliphatic heterocycles. The van der Waals surface area contributed by atoms with Gasteiger partial charge in [-0.05, 0) is 88.1 Å². The molecule has 0 aliphatic carbocycles. The van der Waals surface area contributed by atoms with Crippen molar-refractivity contribution in [3.05, 3.63) is 95.3 Å². The fourth-order valence-corrected chi connectivity index (χ4v) is 5.87. The highest BCUT2D eigenvalue weighted by Crippen LogP contribution is 2.28. The Morgan fingerprint density at radius 2 is 1.57 bits per heavy atom. The van der Waals surface area contributed by atoms with Crippen LogP contribution in [0.15, 0.2) is 77.7 Å². The fraction of sp³-hybridized carbons (Fsp3) is 0.355. The van der Waals surface area contributed by atoms with E-state index < -0.39 is 39.9 Å². The first-order valence-electron chi connectivity index (χ1n) is 13.2. The van der Waals surface area contributed by atoms with E-state index in [-0.39, 0.29) is 17.3 Å². The third-order valence-electron chi connectivity index (χ3n) is 6.39. The smallest absolute Gasteiger partial charge is 0.264 e. The van der Waals surface area contributed by atoms with Crippen molar-refractivity contribution in [2.24, 2.45) is 0 Å². The van der Waals surface area contributed by atoms with Gasteiger partial charge in [0.2, 0.25) is 11.8 Å². The van der Waals surface area contributed by atoms with Crippen molar-refractivity contribution in [1.29, 1.82) is 0 Å². The molecule has 0 heterocycles. The minimum Gasteiger partial charge on any atom is -0.350 e. The average molecular weight is 568 g/mol. The third kappa shape index (κ3) is 7.69. The highest BCUT2D eigenvalue weighted by Gasteiger charge is 2.35. The Balaban J connectivity index is 2.10. The van der Waals surface area contributed by atoms with Crippen molar-refractivity contribution in [1.82, 2.24) is 10.2 Å². The van der Waals surface area contributed by atoms with Gasteiger partial charge in [0.05, 0.1) is 10.6 Å². The van der Waals surface area contributed by atoms with E-state index >= 15 is 0 Å². The van der Waals surface area contributed by atoms with Gasteiger partial charge in [0.1, 0.15) is 18.4 Å². The molecule has 0 saturated heterocycles. The number of rotatable bonds is 10. The number of carbonyl (C=O) groups excluding carboxylic acids is 2. The first-order chi connectivity index (χ1) is 18.7. The van der Waals surface area contributed by atoms with Crippen LogP contribution in [-0.4, -0.2) is 43.3 Å². The molecule has 40 heavy (non-hydrogen) atoms. The van der Waals surface area contributed by atoms with Crippen LogP contribution in [0.5, 0.6) is 0 Å². The predicted molar refractivity (Wildman–Crippen MR) is 156 cm³/mol. The Bertz CT molecular complexity index is 1440. The maximum Gasteiger partial charge on any atom is 0.264 e. The van der Waals surface area contributed by atoms with Crippen molar-refractivity contribution in [2.45, 2.75) is 71.0 Å². The number of sulfonamides is 1. The zero-order chi connectivity index (χ0) is 29.7. The summed E-state index contributed by atoms with van der Waals surface area (Å²) in [4.78, 5) is 28.9. The number of aryl methyl sites for hydroxylation is 2. The molecule has 0 saturated carbocycles. The molecule has 1 N–H and O–H groups in total. The second-order valence-electron chi connectivity index (χ2n) is 10.9. The first kappa shape index (κ1) is 30.8. The van der Waals surface area contributed by atoms with Crippen molar-refractivity contribution in [2.75, 3.05) is 10.8 Å². The molecule has 1 atom stereocenters. The zero-order valence-corrected chi connectivity index (χ0v) is 24.8. The quantitative estimate of drug-likeness (QED) is 0.357. The normalized spacial score (nSPS) is 12.5. The van der Waals surface area contributed by atoms with Crippen LogP contribution in [0.1, 0.15) is 50.8 Å². The maximum absolute atomic E-state index is 14.1. The van der Waals surface area contributed by atoms with E-state index in [1.807, 2.05) is 39.8 Å². The van der Waals surface area contributed by atoms with E-state index in [1.54, 1.807) is 50.2 Å². The summed E-state index contributed by atoms with van der Waals surface area (Å²) >= 11 is 0. The number of nitrogens with one attached hydrogen (secondary N) is 1. The van der Waals surface area contributed by atoms with Crippen LogP contribution in [0.25, 0.3) is 0 Å².